The monoisotopic (exact) mass is 389 g/mol. The van der Waals surface area contributed by atoms with Crippen molar-refractivity contribution < 1.29 is 14.3 Å². The van der Waals surface area contributed by atoms with Crippen molar-refractivity contribution in [3.63, 3.8) is 0 Å². The lowest BCUT2D eigenvalue weighted by molar-refractivity contribution is -0.135. The number of hydrogen-bond donors (Lipinski definition) is 0. The maximum absolute atomic E-state index is 13.1. The third-order valence-electron chi connectivity index (χ3n) is 4.40. The Morgan fingerprint density at radius 3 is 2.62 bits per heavy atom. The molecular formula is C22H19N3O4. The van der Waals surface area contributed by atoms with E-state index < -0.39 is 11.5 Å². The lowest BCUT2D eigenvalue weighted by Crippen LogP contribution is -2.20. The molecule has 0 spiro atoms. The lowest BCUT2D eigenvalue weighted by Gasteiger charge is -2.13. The van der Waals surface area contributed by atoms with Crippen LogP contribution in [0.1, 0.15) is 22.3 Å². The topological polar surface area (TPSA) is 93.7 Å². The maximum Gasteiger partial charge on any atom is 0.348 e. The van der Waals surface area contributed by atoms with Crippen LogP contribution < -0.4 is 10.3 Å². The van der Waals surface area contributed by atoms with Gasteiger partial charge in [-0.3, -0.25) is 9.20 Å². The minimum atomic E-state index is -0.848. The van der Waals surface area contributed by atoms with Gasteiger partial charge in [-0.25, -0.2) is 4.79 Å². The van der Waals surface area contributed by atoms with E-state index in [-0.39, 0.29) is 17.0 Å². The maximum atomic E-state index is 13.1. The number of esters is 1. The molecule has 3 rings (SSSR count). The van der Waals surface area contributed by atoms with Crippen LogP contribution >= 0.6 is 0 Å². The number of nitriles is 1. The third kappa shape index (κ3) is 3.87. The normalized spacial score (nSPS) is 11.2. The molecule has 0 aliphatic rings. The first kappa shape index (κ1) is 19.8. The predicted octanol–water partition coefficient (Wildman–Crippen LogP) is 3.49. The Bertz CT molecular complexity index is 1250. The fourth-order valence-corrected chi connectivity index (χ4v) is 2.90. The van der Waals surface area contributed by atoms with Gasteiger partial charge in [0, 0.05) is 6.20 Å². The van der Waals surface area contributed by atoms with Crippen LogP contribution in [0.5, 0.6) is 11.6 Å². The van der Waals surface area contributed by atoms with E-state index in [1.807, 2.05) is 39.0 Å². The highest BCUT2D eigenvalue weighted by molar-refractivity contribution is 5.98. The van der Waals surface area contributed by atoms with Crippen molar-refractivity contribution in [2.45, 2.75) is 20.8 Å². The quantitative estimate of drug-likeness (QED) is 0.385. The van der Waals surface area contributed by atoms with E-state index in [1.54, 1.807) is 24.4 Å². The van der Waals surface area contributed by atoms with Gasteiger partial charge in [0.1, 0.15) is 28.6 Å². The summed E-state index contributed by atoms with van der Waals surface area (Å²) in [6.45, 7) is 5.67. The second-order valence-corrected chi connectivity index (χ2v) is 6.55. The van der Waals surface area contributed by atoms with Crippen LogP contribution in [-0.2, 0) is 9.53 Å². The first-order valence-corrected chi connectivity index (χ1v) is 8.83. The molecule has 0 saturated carbocycles. The molecule has 0 fully saturated rings. The summed E-state index contributed by atoms with van der Waals surface area (Å²) in [5, 5.41) is 9.30. The van der Waals surface area contributed by atoms with Gasteiger partial charge in [-0.2, -0.15) is 10.2 Å². The molecule has 1 aromatic carbocycles. The van der Waals surface area contributed by atoms with E-state index in [2.05, 4.69) is 9.72 Å². The molecule has 0 radical (unpaired) electrons. The zero-order chi connectivity index (χ0) is 21.1. The second-order valence-electron chi connectivity index (χ2n) is 6.55. The van der Waals surface area contributed by atoms with Crippen molar-refractivity contribution in [1.82, 2.24) is 9.38 Å². The first-order chi connectivity index (χ1) is 13.8. The Morgan fingerprint density at radius 1 is 1.21 bits per heavy atom. The van der Waals surface area contributed by atoms with Crippen LogP contribution in [0.3, 0.4) is 0 Å². The van der Waals surface area contributed by atoms with Crippen LogP contribution in [0.15, 0.2) is 46.9 Å². The minimum absolute atomic E-state index is 0.00732. The molecule has 29 heavy (non-hydrogen) atoms. The summed E-state index contributed by atoms with van der Waals surface area (Å²) in [6, 6.07) is 10.9. The lowest BCUT2D eigenvalue weighted by atomic mass is 10.1. The van der Waals surface area contributed by atoms with Gasteiger partial charge in [0.25, 0.3) is 5.56 Å². The molecule has 2 heterocycles. The van der Waals surface area contributed by atoms with Crippen LogP contribution in [0.2, 0.25) is 0 Å². The van der Waals surface area contributed by atoms with Gasteiger partial charge >= 0.3 is 5.97 Å². The van der Waals surface area contributed by atoms with Crippen molar-refractivity contribution >= 4 is 17.7 Å². The molecule has 146 valence electrons. The summed E-state index contributed by atoms with van der Waals surface area (Å²) in [6.07, 6.45) is 2.72. The molecule has 0 bridgehead atoms. The average molecular weight is 389 g/mol. The van der Waals surface area contributed by atoms with E-state index in [0.29, 0.717) is 11.4 Å². The van der Waals surface area contributed by atoms with E-state index in [4.69, 9.17) is 4.74 Å². The molecule has 3 aromatic rings. The number of ether oxygens (including phenoxy) is 2. The summed E-state index contributed by atoms with van der Waals surface area (Å²) >= 11 is 0. The molecule has 0 aliphatic carbocycles. The first-order valence-electron chi connectivity index (χ1n) is 8.83. The molecule has 7 heteroatoms. The summed E-state index contributed by atoms with van der Waals surface area (Å²) in [5.41, 5.74) is 2.31. The zero-order valence-electron chi connectivity index (χ0n) is 16.5. The van der Waals surface area contributed by atoms with Crippen molar-refractivity contribution in [3.05, 3.63) is 74.7 Å². The van der Waals surface area contributed by atoms with Gasteiger partial charge in [0.2, 0.25) is 5.88 Å². The van der Waals surface area contributed by atoms with Crippen LogP contribution in [-0.4, -0.2) is 22.5 Å². The minimum Gasteiger partial charge on any atom is -0.465 e. The van der Waals surface area contributed by atoms with Gasteiger partial charge in [0.05, 0.1) is 7.11 Å². The number of carbonyl (C=O) groups excluding carboxylic acids is 1. The molecule has 7 nitrogen and oxygen atoms in total. The fraction of sp³-hybridized carbons (Fsp3) is 0.182. The van der Waals surface area contributed by atoms with E-state index in [1.165, 1.54) is 4.40 Å². The summed E-state index contributed by atoms with van der Waals surface area (Å²) in [5.74, 6) is -0.321. The highest BCUT2D eigenvalue weighted by atomic mass is 16.5. The summed E-state index contributed by atoms with van der Waals surface area (Å²) < 4.78 is 11.9. The highest BCUT2D eigenvalue weighted by Gasteiger charge is 2.18. The van der Waals surface area contributed by atoms with E-state index in [9.17, 15) is 14.9 Å². The number of benzene rings is 1. The number of aryl methyl sites for hydroxylation is 3. The Morgan fingerprint density at radius 2 is 1.97 bits per heavy atom. The standard InChI is InChI=1S/C22H19N3O4/c1-13-7-8-18(15(3)10-13)29-20-17(11-16(12-23)22(27)28-4)21(26)25-9-5-6-14(2)19(25)24-20/h5-11H,1-4H3. The highest BCUT2D eigenvalue weighted by Crippen LogP contribution is 2.28. The zero-order valence-corrected chi connectivity index (χ0v) is 16.5. The van der Waals surface area contributed by atoms with E-state index >= 15 is 0 Å². The van der Waals surface area contributed by atoms with Gasteiger partial charge < -0.3 is 9.47 Å². The van der Waals surface area contributed by atoms with Crippen LogP contribution in [0, 0.1) is 32.1 Å². The van der Waals surface area contributed by atoms with Gasteiger partial charge in [-0.1, -0.05) is 23.8 Å². The Balaban J connectivity index is 2.30. The predicted molar refractivity (Wildman–Crippen MR) is 108 cm³/mol. The van der Waals surface area contributed by atoms with Crippen LogP contribution in [0.4, 0.5) is 0 Å². The average Bonchev–Trinajstić information content (AvgIpc) is 2.70. The molecule has 0 atom stereocenters. The summed E-state index contributed by atoms with van der Waals surface area (Å²) in [4.78, 5) is 29.5. The Hall–Kier alpha value is -3.92. The molecule has 0 amide bonds. The van der Waals surface area contributed by atoms with Crippen molar-refractivity contribution in [1.29, 1.82) is 5.26 Å². The number of methoxy groups -OCH3 is 1. The molecule has 2 aromatic heterocycles. The molecule has 0 aliphatic heterocycles. The summed E-state index contributed by atoms with van der Waals surface area (Å²) in [7, 11) is 1.16. The fourth-order valence-electron chi connectivity index (χ4n) is 2.90. The van der Waals surface area contributed by atoms with Crippen molar-refractivity contribution in [2.75, 3.05) is 7.11 Å². The second kappa shape index (κ2) is 7.98. The molecule has 0 unspecified atom stereocenters. The third-order valence-corrected chi connectivity index (χ3v) is 4.40. The molecule has 0 N–H and O–H groups in total. The number of aromatic nitrogens is 2. The Kier molecular flexibility index (Phi) is 5.46. The van der Waals surface area contributed by atoms with E-state index in [0.717, 1.165) is 29.9 Å². The van der Waals surface area contributed by atoms with Crippen LogP contribution in [0.25, 0.3) is 11.7 Å². The number of carbonyl (C=O) groups is 1. The van der Waals surface area contributed by atoms with Crippen molar-refractivity contribution in [2.24, 2.45) is 0 Å². The van der Waals surface area contributed by atoms with Gasteiger partial charge in [0.15, 0.2) is 0 Å². The number of hydrogen-bond acceptors (Lipinski definition) is 6. The van der Waals surface area contributed by atoms with Gasteiger partial charge in [-0.05, 0) is 50.1 Å². The number of rotatable bonds is 4. The number of pyridine rings is 1. The van der Waals surface area contributed by atoms with Crippen molar-refractivity contribution in [3.8, 4) is 17.7 Å². The smallest absolute Gasteiger partial charge is 0.348 e. The number of fused-ring (bicyclic) bond motifs is 1. The van der Waals surface area contributed by atoms with Gasteiger partial charge in [-0.15, -0.1) is 0 Å². The number of nitrogens with zero attached hydrogens (tertiary/aromatic N) is 3. The molecular weight excluding hydrogens is 370 g/mol. The SMILES string of the molecule is COC(=O)C(C#N)=Cc1c(Oc2ccc(C)cc2C)nc2c(C)cccn2c1=O. The molecule has 0 saturated heterocycles. The Labute approximate surface area is 167 Å². The largest absolute Gasteiger partial charge is 0.465 e.